The van der Waals surface area contributed by atoms with E-state index in [1.807, 2.05) is 0 Å². The molecule has 1 fully saturated rings. The fourth-order valence-corrected chi connectivity index (χ4v) is 4.45. The molecule has 0 aliphatic carbocycles. The molecule has 1 aliphatic heterocycles. The Morgan fingerprint density at radius 2 is 1.81 bits per heavy atom. The van der Waals surface area contributed by atoms with Crippen LogP contribution in [0.1, 0.15) is 31.2 Å². The monoisotopic (exact) mass is 398 g/mol. The average Bonchev–Trinajstić information content (AvgIpc) is 2.70. The first-order valence-corrected chi connectivity index (χ1v) is 10.4. The number of esters is 1. The molecule has 0 radical (unpaired) electrons. The molecule has 0 spiro atoms. The molecule has 0 aromatic heterocycles. The van der Waals surface area contributed by atoms with Crippen molar-refractivity contribution in [2.75, 3.05) is 26.8 Å². The van der Waals surface area contributed by atoms with Crippen molar-refractivity contribution in [3.8, 4) is 0 Å². The number of nitrogens with one attached hydrogen (secondary N) is 1. The van der Waals surface area contributed by atoms with E-state index in [2.05, 4.69) is 10.1 Å². The molecule has 1 heterocycles. The largest absolute Gasteiger partial charge is 0.467 e. The molecule has 1 aromatic rings. The summed E-state index contributed by atoms with van der Waals surface area (Å²) in [4.78, 5) is 23.5. The number of sulfonamides is 1. The summed E-state index contributed by atoms with van der Waals surface area (Å²) >= 11 is 0. The Morgan fingerprint density at radius 3 is 2.37 bits per heavy atom. The van der Waals surface area contributed by atoms with Crippen molar-refractivity contribution in [1.82, 2.24) is 9.62 Å². The quantitative estimate of drug-likeness (QED) is 0.615. The van der Waals surface area contributed by atoms with Gasteiger partial charge < -0.3 is 15.2 Å². The van der Waals surface area contributed by atoms with Crippen molar-refractivity contribution in [2.45, 2.75) is 43.0 Å². The zero-order valence-electron chi connectivity index (χ0n) is 15.4. The zero-order valence-corrected chi connectivity index (χ0v) is 16.2. The fraction of sp³-hybridized carbons (Fsp3) is 0.556. The molecule has 150 valence electrons. The summed E-state index contributed by atoms with van der Waals surface area (Å²) in [6, 6.07) is 5.41. The van der Waals surface area contributed by atoms with E-state index in [9.17, 15) is 18.0 Å². The molecule has 9 heteroatoms. The Hall–Kier alpha value is -1.97. The molecule has 1 aromatic carbocycles. The number of benzene rings is 1. The van der Waals surface area contributed by atoms with Gasteiger partial charge >= 0.3 is 5.97 Å². The van der Waals surface area contributed by atoms with Crippen LogP contribution < -0.4 is 5.32 Å². The Labute approximate surface area is 159 Å². The van der Waals surface area contributed by atoms with Gasteiger partial charge in [0, 0.05) is 19.5 Å². The lowest BCUT2D eigenvalue weighted by molar-refractivity contribution is -0.146. The third-order valence-electron chi connectivity index (χ3n) is 4.52. The molecule has 1 atom stereocenters. The molecule has 0 unspecified atom stereocenters. The number of piperidine rings is 1. The number of nitrogens with zero attached hydrogens (tertiary/aromatic N) is 1. The van der Waals surface area contributed by atoms with Crippen LogP contribution in [0.2, 0.25) is 0 Å². The Bertz CT molecular complexity index is 742. The van der Waals surface area contributed by atoms with E-state index in [0.29, 0.717) is 19.5 Å². The molecular weight excluding hydrogens is 372 g/mol. The van der Waals surface area contributed by atoms with Gasteiger partial charge in [-0.1, -0.05) is 18.6 Å². The molecular formula is C18H26N2O6S. The summed E-state index contributed by atoms with van der Waals surface area (Å²) in [6.07, 6.45) is 3.31. The molecule has 1 amide bonds. The van der Waals surface area contributed by atoms with E-state index in [1.54, 1.807) is 24.3 Å². The third kappa shape index (κ3) is 5.75. The van der Waals surface area contributed by atoms with Crippen molar-refractivity contribution < 1.29 is 27.9 Å². The zero-order chi connectivity index (χ0) is 19.9. The smallest absolute Gasteiger partial charge is 0.330 e. The van der Waals surface area contributed by atoms with Gasteiger partial charge in [-0.05, 0) is 37.0 Å². The molecule has 2 N–H and O–H groups in total. The van der Waals surface area contributed by atoms with Crippen LogP contribution in [0, 0.1) is 0 Å². The number of methoxy groups -OCH3 is 1. The van der Waals surface area contributed by atoms with Crippen LogP contribution in [0.4, 0.5) is 0 Å². The highest BCUT2D eigenvalue weighted by Gasteiger charge is 2.25. The highest BCUT2D eigenvalue weighted by atomic mass is 32.2. The maximum Gasteiger partial charge on any atom is 0.330 e. The molecule has 8 nitrogen and oxygen atoms in total. The summed E-state index contributed by atoms with van der Waals surface area (Å²) in [5, 5.41) is 11.5. The van der Waals surface area contributed by atoms with E-state index < -0.39 is 34.5 Å². The summed E-state index contributed by atoms with van der Waals surface area (Å²) in [5.74, 6) is -1.11. The van der Waals surface area contributed by atoms with Crippen LogP contribution in [-0.4, -0.2) is 62.6 Å². The van der Waals surface area contributed by atoms with Gasteiger partial charge in [0.25, 0.3) is 0 Å². The number of aliphatic hydroxyl groups excluding tert-OH is 1. The van der Waals surface area contributed by atoms with Gasteiger partial charge in [0.05, 0.1) is 18.6 Å². The summed E-state index contributed by atoms with van der Waals surface area (Å²) in [5.41, 5.74) is 0.807. The van der Waals surface area contributed by atoms with E-state index in [1.165, 1.54) is 11.4 Å². The first-order valence-electron chi connectivity index (χ1n) is 8.95. The van der Waals surface area contributed by atoms with Gasteiger partial charge in [-0.25, -0.2) is 13.2 Å². The number of hydrogen-bond acceptors (Lipinski definition) is 6. The van der Waals surface area contributed by atoms with Gasteiger partial charge in [-0.2, -0.15) is 4.31 Å². The van der Waals surface area contributed by atoms with E-state index >= 15 is 0 Å². The van der Waals surface area contributed by atoms with Crippen molar-refractivity contribution in [1.29, 1.82) is 0 Å². The third-order valence-corrected chi connectivity index (χ3v) is 6.43. The lowest BCUT2D eigenvalue weighted by Gasteiger charge is -2.25. The van der Waals surface area contributed by atoms with Gasteiger partial charge in [0.15, 0.2) is 6.04 Å². The van der Waals surface area contributed by atoms with Crippen LogP contribution >= 0.6 is 0 Å². The van der Waals surface area contributed by atoms with Crippen LogP contribution in [0.5, 0.6) is 0 Å². The summed E-state index contributed by atoms with van der Waals surface area (Å²) in [6.45, 7) is 0.564. The first-order chi connectivity index (χ1) is 12.9. The van der Waals surface area contributed by atoms with Crippen LogP contribution in [0.25, 0.3) is 0 Å². The van der Waals surface area contributed by atoms with Crippen molar-refractivity contribution in [3.63, 3.8) is 0 Å². The second kappa shape index (κ2) is 9.82. The summed E-state index contributed by atoms with van der Waals surface area (Å²) < 4.78 is 31.2. The van der Waals surface area contributed by atoms with E-state index in [0.717, 1.165) is 24.8 Å². The van der Waals surface area contributed by atoms with Gasteiger partial charge in [0.1, 0.15) is 0 Å². The molecule has 0 bridgehead atoms. The highest BCUT2D eigenvalue weighted by Crippen LogP contribution is 2.21. The molecule has 1 aliphatic rings. The minimum atomic E-state index is -3.47. The number of amides is 1. The van der Waals surface area contributed by atoms with Crippen molar-refractivity contribution in [3.05, 3.63) is 29.8 Å². The number of aliphatic hydroxyl groups is 1. The number of aryl methyl sites for hydroxylation is 1. The maximum atomic E-state index is 12.6. The minimum Gasteiger partial charge on any atom is -0.467 e. The van der Waals surface area contributed by atoms with E-state index in [4.69, 9.17) is 5.11 Å². The fourth-order valence-electron chi connectivity index (χ4n) is 2.93. The standard InChI is InChI=1S/C18H26N2O6S/c1-26-18(23)16(13-21)19-17(22)10-7-14-5-8-15(9-6-14)27(24,25)20-11-3-2-4-12-20/h5-6,8-9,16,21H,2-4,7,10-13H2,1H3,(H,19,22)/t16-/m0/s1. The lowest BCUT2D eigenvalue weighted by atomic mass is 10.1. The number of rotatable bonds is 8. The van der Waals surface area contributed by atoms with Crippen LogP contribution in [0.15, 0.2) is 29.2 Å². The minimum absolute atomic E-state index is 0.103. The SMILES string of the molecule is COC(=O)[C@H](CO)NC(=O)CCc1ccc(S(=O)(=O)N2CCCCC2)cc1. The highest BCUT2D eigenvalue weighted by molar-refractivity contribution is 7.89. The molecule has 27 heavy (non-hydrogen) atoms. The lowest BCUT2D eigenvalue weighted by Crippen LogP contribution is -2.44. The summed E-state index contributed by atoms with van der Waals surface area (Å²) in [7, 11) is -2.29. The average molecular weight is 398 g/mol. The van der Waals surface area contributed by atoms with Crippen LogP contribution in [0.3, 0.4) is 0 Å². The van der Waals surface area contributed by atoms with Gasteiger partial charge in [0.2, 0.25) is 15.9 Å². The second-order valence-corrected chi connectivity index (χ2v) is 8.37. The van der Waals surface area contributed by atoms with Crippen molar-refractivity contribution >= 4 is 21.9 Å². The van der Waals surface area contributed by atoms with Gasteiger partial charge in [-0.15, -0.1) is 0 Å². The van der Waals surface area contributed by atoms with E-state index in [-0.39, 0.29) is 11.3 Å². The Balaban J connectivity index is 1.91. The number of carbonyl (C=O) groups is 2. The predicted molar refractivity (Wildman–Crippen MR) is 98.4 cm³/mol. The number of hydrogen-bond donors (Lipinski definition) is 2. The molecule has 2 rings (SSSR count). The maximum absolute atomic E-state index is 12.6. The van der Waals surface area contributed by atoms with Gasteiger partial charge in [-0.3, -0.25) is 4.79 Å². The Kier molecular flexibility index (Phi) is 7.76. The first kappa shape index (κ1) is 21.3. The predicted octanol–water partition coefficient (Wildman–Crippen LogP) is 0.444. The molecule has 0 saturated carbocycles. The number of carbonyl (C=O) groups excluding carboxylic acids is 2. The normalized spacial score (nSPS) is 16.5. The second-order valence-electron chi connectivity index (χ2n) is 6.43. The molecule has 1 saturated heterocycles. The van der Waals surface area contributed by atoms with Crippen LogP contribution in [-0.2, 0) is 30.8 Å². The Morgan fingerprint density at radius 1 is 1.19 bits per heavy atom. The number of ether oxygens (including phenoxy) is 1. The topological polar surface area (TPSA) is 113 Å². The van der Waals surface area contributed by atoms with Crippen molar-refractivity contribution in [2.24, 2.45) is 0 Å².